The quantitative estimate of drug-likeness (QED) is 0.378. The first-order valence-electron chi connectivity index (χ1n) is 5.56. The van der Waals surface area contributed by atoms with Crippen LogP contribution in [0.5, 0.6) is 0 Å². The van der Waals surface area contributed by atoms with Crippen molar-refractivity contribution in [2.75, 3.05) is 0 Å². The predicted molar refractivity (Wildman–Crippen MR) is 63.5 cm³/mol. The van der Waals surface area contributed by atoms with Crippen LogP contribution in [0, 0.1) is 11.3 Å². The molecule has 1 aliphatic carbocycles. The lowest BCUT2D eigenvalue weighted by molar-refractivity contribution is -0.0629. The minimum atomic E-state index is -4.18. The van der Waals surface area contributed by atoms with Crippen LogP contribution in [0.4, 0.5) is 0 Å². The van der Waals surface area contributed by atoms with Gasteiger partial charge in [0.15, 0.2) is 5.60 Å². The molecule has 0 spiro atoms. The Bertz CT molecular complexity index is 499. The number of fused-ring (bicyclic) bond motifs is 1. The highest BCUT2D eigenvalue weighted by molar-refractivity contribution is 7.47. The van der Waals surface area contributed by atoms with Crippen molar-refractivity contribution in [3.8, 4) is 11.3 Å². The minimum Gasteiger partial charge on any atom is -0.387 e. The van der Waals surface area contributed by atoms with Crippen molar-refractivity contribution in [2.45, 2.75) is 42.3 Å². The van der Waals surface area contributed by atoms with E-state index in [2.05, 4.69) is 11.3 Å². The van der Waals surface area contributed by atoms with Gasteiger partial charge in [-0.2, -0.15) is 0 Å². The number of rotatable bonds is 1. The molecule has 3 rings (SSSR count). The minimum absolute atomic E-state index is 0.560. The molecule has 0 radical (unpaired) electrons. The van der Waals surface area contributed by atoms with Gasteiger partial charge < -0.3 is 14.7 Å². The number of phosphoric acid groups is 1. The number of aliphatic hydroxyl groups is 1. The molecule has 5 atom stereocenters. The monoisotopic (exact) mass is 292 g/mol. The summed E-state index contributed by atoms with van der Waals surface area (Å²) >= 11 is 5.39. The van der Waals surface area contributed by atoms with Crippen LogP contribution >= 0.6 is 19.4 Å². The van der Waals surface area contributed by atoms with Gasteiger partial charge >= 0.3 is 7.82 Å². The van der Waals surface area contributed by atoms with Gasteiger partial charge in [-0.15, -0.1) is 0 Å². The molecule has 9 heteroatoms. The van der Waals surface area contributed by atoms with E-state index in [4.69, 9.17) is 25.4 Å². The second-order valence-corrected chi connectivity index (χ2v) is 6.42. The van der Waals surface area contributed by atoms with E-state index in [1.807, 2.05) is 0 Å². The molecule has 2 saturated heterocycles. The molecule has 3 aliphatic rings. The molecule has 18 heavy (non-hydrogen) atoms. The van der Waals surface area contributed by atoms with Crippen molar-refractivity contribution >= 4 is 27.3 Å². The Morgan fingerprint density at radius 1 is 1.44 bits per heavy atom. The van der Waals surface area contributed by atoms with Crippen molar-refractivity contribution in [2.24, 2.45) is 0 Å². The lowest BCUT2D eigenvalue weighted by Crippen LogP contribution is -2.47. The number of ether oxygens (including phenoxy) is 1. The fourth-order valence-corrected chi connectivity index (χ4v) is 3.98. The normalized spacial score (nSPS) is 52.5. The first-order chi connectivity index (χ1) is 8.33. The van der Waals surface area contributed by atoms with Gasteiger partial charge in [-0.05, 0) is 30.4 Å². The summed E-state index contributed by atoms with van der Waals surface area (Å²) in [5.74, 6) is 2.56. The Labute approximate surface area is 110 Å². The number of halogens is 1. The molecular formula is C9H11BClO6P. The third-order valence-corrected chi connectivity index (χ3v) is 4.82. The smallest absolute Gasteiger partial charge is 0.387 e. The molecule has 1 saturated carbocycles. The summed E-state index contributed by atoms with van der Waals surface area (Å²) in [4.78, 5) is 9.48. The third-order valence-electron chi connectivity index (χ3n) is 3.70. The van der Waals surface area contributed by atoms with Crippen molar-refractivity contribution in [3.63, 3.8) is 0 Å². The number of phosphoric ester groups is 1. The van der Waals surface area contributed by atoms with Crippen molar-refractivity contribution in [1.82, 2.24) is 0 Å². The molecule has 3 fully saturated rings. The lowest BCUT2D eigenvalue weighted by Gasteiger charge is -2.22. The predicted octanol–water partition coefficient (Wildman–Crippen LogP) is -0.676. The summed E-state index contributed by atoms with van der Waals surface area (Å²) in [5, 5.41) is 12.3. The van der Waals surface area contributed by atoms with Gasteiger partial charge in [-0.3, -0.25) is 9.05 Å². The lowest BCUT2D eigenvalue weighted by atomic mass is 9.80. The fourth-order valence-electron chi connectivity index (χ4n) is 2.55. The van der Waals surface area contributed by atoms with E-state index in [0.29, 0.717) is 12.8 Å². The molecule has 6 nitrogen and oxygen atoms in total. The van der Waals surface area contributed by atoms with Gasteiger partial charge in [0, 0.05) is 5.38 Å². The van der Waals surface area contributed by atoms with E-state index >= 15 is 0 Å². The Morgan fingerprint density at radius 2 is 2.11 bits per heavy atom. The van der Waals surface area contributed by atoms with Crippen LogP contribution in [0.25, 0.3) is 0 Å². The molecule has 0 aromatic carbocycles. The van der Waals surface area contributed by atoms with Crippen molar-refractivity contribution in [3.05, 3.63) is 0 Å². The topological polar surface area (TPSA) is 85.2 Å². The van der Waals surface area contributed by atoms with Crippen LogP contribution in [-0.4, -0.2) is 47.3 Å². The van der Waals surface area contributed by atoms with Gasteiger partial charge in [0.05, 0.1) is 11.6 Å². The van der Waals surface area contributed by atoms with Crippen LogP contribution in [0.2, 0.25) is 0 Å². The van der Waals surface area contributed by atoms with Crippen LogP contribution in [0.3, 0.4) is 0 Å². The molecule has 0 amide bonds. The van der Waals surface area contributed by atoms with E-state index in [1.165, 1.54) is 0 Å². The zero-order valence-electron chi connectivity index (χ0n) is 9.50. The molecule has 2 heterocycles. The first-order valence-corrected chi connectivity index (χ1v) is 7.43. The average Bonchev–Trinajstić information content (AvgIpc) is 2.87. The summed E-state index contributed by atoms with van der Waals surface area (Å²) < 4.78 is 27.3. The zero-order chi connectivity index (χ0) is 13.2. The first kappa shape index (κ1) is 13.0. The van der Waals surface area contributed by atoms with E-state index in [1.54, 1.807) is 7.85 Å². The molecule has 2 N–H and O–H groups in total. The maximum atomic E-state index is 11.6. The van der Waals surface area contributed by atoms with Crippen LogP contribution in [-0.2, 0) is 18.3 Å². The van der Waals surface area contributed by atoms with E-state index in [9.17, 15) is 14.6 Å². The Kier molecular flexibility index (Phi) is 2.69. The van der Waals surface area contributed by atoms with Crippen LogP contribution in [0.1, 0.15) is 12.8 Å². The highest BCUT2D eigenvalue weighted by Gasteiger charge is 2.71. The van der Waals surface area contributed by atoms with E-state index in [0.717, 1.165) is 0 Å². The highest BCUT2D eigenvalue weighted by Crippen LogP contribution is 2.63. The van der Waals surface area contributed by atoms with Gasteiger partial charge in [-0.1, -0.05) is 0 Å². The van der Waals surface area contributed by atoms with Crippen molar-refractivity contribution in [1.29, 1.82) is 0 Å². The Hall–Kier alpha value is -0.0551. The maximum Gasteiger partial charge on any atom is 0.474 e. The number of hydrogen-bond donors (Lipinski definition) is 2. The van der Waals surface area contributed by atoms with Crippen LogP contribution < -0.4 is 0 Å². The Morgan fingerprint density at radius 3 is 2.67 bits per heavy atom. The molecular weight excluding hydrogens is 281 g/mol. The van der Waals surface area contributed by atoms with Crippen molar-refractivity contribution < 1.29 is 28.3 Å². The fraction of sp³-hybridized carbons (Fsp3) is 0.778. The molecule has 0 bridgehead atoms. The summed E-state index contributed by atoms with van der Waals surface area (Å²) in [5.41, 5.74) is -2.42. The molecule has 0 aromatic rings. The van der Waals surface area contributed by atoms with E-state index in [-0.39, 0.29) is 0 Å². The number of hydrogen-bond acceptors (Lipinski definition) is 5. The van der Waals surface area contributed by atoms with Crippen LogP contribution in [0.15, 0.2) is 0 Å². The van der Waals surface area contributed by atoms with Gasteiger partial charge in [-0.25, -0.2) is 4.57 Å². The second-order valence-electron chi connectivity index (χ2n) is 4.90. The summed E-state index contributed by atoms with van der Waals surface area (Å²) in [6, 6.07) is -0.619. The molecule has 0 aromatic heterocycles. The SMILES string of the molecule is B[C@@H]1O[C@H](C2(O)CC2)C2OP(=O)(O)OC21C#CCl. The molecule has 2 aliphatic heterocycles. The molecule has 3 unspecified atom stereocenters. The van der Waals surface area contributed by atoms with Gasteiger partial charge in [0.25, 0.3) is 0 Å². The summed E-state index contributed by atoms with van der Waals surface area (Å²) in [6.45, 7) is 0. The third kappa shape index (κ3) is 1.69. The summed E-state index contributed by atoms with van der Waals surface area (Å²) in [6.07, 6.45) is -0.524. The standard InChI is InChI=1S/C9H11BClO6P/c10-7-9(3-4-11)6(16-18(13,14)17-9)5(15-7)8(12)1-2-8/h5-7,12H,1-2,10H2,(H,13,14)/t5-,6?,7+,9?/m0/s1. The van der Waals surface area contributed by atoms with Gasteiger partial charge in [0.1, 0.15) is 20.1 Å². The maximum absolute atomic E-state index is 11.6. The highest BCUT2D eigenvalue weighted by atomic mass is 35.5. The largest absolute Gasteiger partial charge is 0.474 e. The zero-order valence-corrected chi connectivity index (χ0v) is 11.1. The second kappa shape index (κ2) is 3.74. The summed E-state index contributed by atoms with van der Waals surface area (Å²) in [7, 11) is -2.54. The average molecular weight is 292 g/mol. The molecule has 98 valence electrons. The van der Waals surface area contributed by atoms with E-state index < -0.39 is 37.2 Å². The Balaban J connectivity index is 2.03. The van der Waals surface area contributed by atoms with Gasteiger partial charge in [0.2, 0.25) is 0 Å².